The number of hydrogen-bond donors (Lipinski definition) is 0. The molecule has 4 fully saturated rings. The first kappa shape index (κ1) is 22.9. The molecule has 32 heavy (non-hydrogen) atoms. The molecular weight excluding hydrogens is 392 g/mol. The molecule has 0 heterocycles. The van der Waals surface area contributed by atoms with Gasteiger partial charge in [0, 0.05) is 23.7 Å². The first-order valence-corrected chi connectivity index (χ1v) is 13.5. The van der Waals surface area contributed by atoms with Gasteiger partial charge < -0.3 is 0 Å². The molecule has 0 N–H and O–H groups in total. The van der Waals surface area contributed by atoms with Crippen LogP contribution in [0.1, 0.15) is 107 Å². The summed E-state index contributed by atoms with van der Waals surface area (Å²) in [6.45, 7) is 19.1. The quantitative estimate of drug-likeness (QED) is 0.369. The fraction of sp³-hybridized carbons (Fsp3) is 0.867. The van der Waals surface area contributed by atoms with E-state index in [2.05, 4.69) is 61.5 Å². The van der Waals surface area contributed by atoms with E-state index in [-0.39, 0.29) is 27.1 Å². The Morgan fingerprint density at radius 3 is 2.22 bits per heavy atom. The molecule has 0 spiro atoms. The maximum absolute atomic E-state index is 13.9. The van der Waals surface area contributed by atoms with Crippen molar-refractivity contribution in [3.8, 4) is 0 Å². The standard InChI is InChI=1S/C30H46O2/c1-18-11-14-28(6)24(32)17-30(8)20(25(28)19(18)2)9-10-22-27(5)15-13-23(31)26(3,4)21(27)12-16-29(22,30)7/h11,19-22,25H,9-10,12-17H2,1-8H3/t19-,20+,21-,22+,25-,27-,28+,29+,30+/m0/s1. The van der Waals surface area contributed by atoms with E-state index in [0.29, 0.717) is 41.2 Å². The van der Waals surface area contributed by atoms with E-state index < -0.39 is 0 Å². The highest BCUT2D eigenvalue weighted by Gasteiger charge is 2.71. The molecular formula is C30H46O2. The summed E-state index contributed by atoms with van der Waals surface area (Å²) in [5.41, 5.74) is 1.60. The number of carbonyl (C=O) groups excluding carboxylic acids is 2. The Bertz CT molecular complexity index is 897. The van der Waals surface area contributed by atoms with Crippen molar-refractivity contribution in [3.05, 3.63) is 11.6 Å². The van der Waals surface area contributed by atoms with Gasteiger partial charge in [-0.3, -0.25) is 9.59 Å². The number of ketones is 2. The average Bonchev–Trinajstić information content (AvgIpc) is 2.70. The molecule has 0 aromatic rings. The average molecular weight is 439 g/mol. The van der Waals surface area contributed by atoms with E-state index in [0.717, 1.165) is 32.1 Å². The molecule has 0 aromatic heterocycles. The third kappa shape index (κ3) is 2.48. The summed E-state index contributed by atoms with van der Waals surface area (Å²) >= 11 is 0. The molecule has 178 valence electrons. The minimum atomic E-state index is -0.202. The predicted octanol–water partition coefficient (Wildman–Crippen LogP) is 7.41. The van der Waals surface area contributed by atoms with E-state index in [9.17, 15) is 9.59 Å². The van der Waals surface area contributed by atoms with Gasteiger partial charge >= 0.3 is 0 Å². The second kappa shape index (κ2) is 6.60. The zero-order valence-electron chi connectivity index (χ0n) is 21.9. The van der Waals surface area contributed by atoms with Crippen LogP contribution in [-0.4, -0.2) is 11.6 Å². The van der Waals surface area contributed by atoms with Crippen LogP contribution in [0, 0.1) is 56.7 Å². The second-order valence-electron chi connectivity index (χ2n) is 14.3. The van der Waals surface area contributed by atoms with Crippen molar-refractivity contribution < 1.29 is 9.59 Å². The largest absolute Gasteiger partial charge is 0.299 e. The molecule has 5 aliphatic rings. The predicted molar refractivity (Wildman–Crippen MR) is 130 cm³/mol. The van der Waals surface area contributed by atoms with Crippen molar-refractivity contribution in [3.63, 3.8) is 0 Å². The Kier molecular flexibility index (Phi) is 4.71. The van der Waals surface area contributed by atoms with Crippen LogP contribution in [-0.2, 0) is 9.59 Å². The van der Waals surface area contributed by atoms with Crippen LogP contribution in [0.2, 0.25) is 0 Å². The molecule has 0 radical (unpaired) electrons. The Morgan fingerprint density at radius 1 is 0.844 bits per heavy atom. The normalized spacial score (nSPS) is 54.6. The van der Waals surface area contributed by atoms with E-state index in [1.165, 1.54) is 24.8 Å². The molecule has 9 atom stereocenters. The molecule has 0 amide bonds. The number of fused-ring (bicyclic) bond motifs is 7. The lowest BCUT2D eigenvalue weighted by Gasteiger charge is -2.72. The number of Topliss-reactive ketones (excluding diaryl/α,β-unsaturated/α-hetero) is 2. The fourth-order valence-corrected chi connectivity index (χ4v) is 10.8. The monoisotopic (exact) mass is 438 g/mol. The summed E-state index contributed by atoms with van der Waals surface area (Å²) in [6.07, 6.45) is 10.7. The van der Waals surface area contributed by atoms with Gasteiger partial charge in [-0.15, -0.1) is 0 Å². The van der Waals surface area contributed by atoms with Crippen molar-refractivity contribution in [1.82, 2.24) is 0 Å². The maximum Gasteiger partial charge on any atom is 0.139 e. The first-order chi connectivity index (χ1) is 14.7. The lowest BCUT2D eigenvalue weighted by molar-refractivity contribution is -0.232. The van der Waals surface area contributed by atoms with Crippen LogP contribution < -0.4 is 0 Å². The molecule has 2 heteroatoms. The topological polar surface area (TPSA) is 34.1 Å². The highest BCUT2D eigenvalue weighted by molar-refractivity contribution is 5.87. The third-order valence-corrected chi connectivity index (χ3v) is 13.1. The van der Waals surface area contributed by atoms with Crippen LogP contribution in [0.25, 0.3) is 0 Å². The SMILES string of the molecule is CC1=CC[C@]2(C)C(=O)C[C@]3(C)[C@H](CC[C@@H]4[C@@]5(C)CCC(=O)C(C)(C)[C@@H]5CC[C@]43C)[C@@H]2[C@H]1C. The van der Waals surface area contributed by atoms with E-state index in [1.807, 2.05) is 0 Å². The molecule has 0 unspecified atom stereocenters. The van der Waals surface area contributed by atoms with Crippen LogP contribution in [0.15, 0.2) is 11.6 Å². The minimum Gasteiger partial charge on any atom is -0.299 e. The van der Waals surface area contributed by atoms with Gasteiger partial charge in [0.1, 0.15) is 11.6 Å². The molecule has 5 rings (SSSR count). The van der Waals surface area contributed by atoms with E-state index in [1.54, 1.807) is 0 Å². The van der Waals surface area contributed by atoms with Crippen molar-refractivity contribution in [2.24, 2.45) is 56.7 Å². The van der Waals surface area contributed by atoms with Gasteiger partial charge in [0.05, 0.1) is 0 Å². The molecule has 5 aliphatic carbocycles. The zero-order chi connectivity index (χ0) is 23.5. The van der Waals surface area contributed by atoms with Crippen LogP contribution in [0.3, 0.4) is 0 Å². The summed E-state index contributed by atoms with van der Waals surface area (Å²) in [6, 6.07) is 0. The van der Waals surface area contributed by atoms with Crippen molar-refractivity contribution >= 4 is 11.6 Å². The molecule has 0 bridgehead atoms. The van der Waals surface area contributed by atoms with Gasteiger partial charge in [0.25, 0.3) is 0 Å². The summed E-state index contributed by atoms with van der Waals surface area (Å²) in [5.74, 6) is 3.72. The Labute approximate surface area is 196 Å². The number of rotatable bonds is 0. The molecule has 4 saturated carbocycles. The van der Waals surface area contributed by atoms with Crippen molar-refractivity contribution in [1.29, 1.82) is 0 Å². The highest BCUT2D eigenvalue weighted by Crippen LogP contribution is 2.76. The number of carbonyl (C=O) groups is 2. The van der Waals surface area contributed by atoms with Crippen LogP contribution in [0.4, 0.5) is 0 Å². The van der Waals surface area contributed by atoms with Gasteiger partial charge in [0.15, 0.2) is 0 Å². The lowest BCUT2D eigenvalue weighted by Crippen LogP contribution is -2.68. The van der Waals surface area contributed by atoms with Crippen LogP contribution in [0.5, 0.6) is 0 Å². The van der Waals surface area contributed by atoms with E-state index in [4.69, 9.17) is 0 Å². The van der Waals surface area contributed by atoms with Gasteiger partial charge in [0.2, 0.25) is 0 Å². The van der Waals surface area contributed by atoms with E-state index >= 15 is 0 Å². The second-order valence-corrected chi connectivity index (χ2v) is 14.3. The first-order valence-electron chi connectivity index (χ1n) is 13.5. The van der Waals surface area contributed by atoms with Gasteiger partial charge in [-0.1, -0.05) is 60.1 Å². The lowest BCUT2D eigenvalue weighted by atomic mass is 9.31. The summed E-state index contributed by atoms with van der Waals surface area (Å²) < 4.78 is 0. The minimum absolute atomic E-state index is 0.0721. The smallest absolute Gasteiger partial charge is 0.139 e. The summed E-state index contributed by atoms with van der Waals surface area (Å²) in [7, 11) is 0. The van der Waals surface area contributed by atoms with Gasteiger partial charge in [-0.2, -0.15) is 0 Å². The molecule has 0 aliphatic heterocycles. The number of allylic oxidation sites excluding steroid dienone is 2. The number of hydrogen-bond acceptors (Lipinski definition) is 2. The van der Waals surface area contributed by atoms with Crippen molar-refractivity contribution in [2.45, 2.75) is 107 Å². The maximum atomic E-state index is 13.9. The molecule has 2 nitrogen and oxygen atoms in total. The molecule has 0 saturated heterocycles. The van der Waals surface area contributed by atoms with Gasteiger partial charge in [-0.05, 0) is 91.3 Å². The summed E-state index contributed by atoms with van der Waals surface area (Å²) in [4.78, 5) is 26.8. The summed E-state index contributed by atoms with van der Waals surface area (Å²) in [5, 5.41) is 0. The third-order valence-electron chi connectivity index (χ3n) is 13.1. The highest BCUT2D eigenvalue weighted by atomic mass is 16.1. The fourth-order valence-electron chi connectivity index (χ4n) is 10.8. The van der Waals surface area contributed by atoms with Crippen molar-refractivity contribution in [2.75, 3.05) is 0 Å². The van der Waals surface area contributed by atoms with Gasteiger partial charge in [-0.25, -0.2) is 0 Å². The molecule has 0 aromatic carbocycles. The Morgan fingerprint density at radius 2 is 1.53 bits per heavy atom. The van der Waals surface area contributed by atoms with Crippen LogP contribution >= 0.6 is 0 Å². The Balaban J connectivity index is 1.59. The Hall–Kier alpha value is -0.920. The zero-order valence-corrected chi connectivity index (χ0v) is 21.9.